The van der Waals surface area contributed by atoms with Gasteiger partial charge in [-0.3, -0.25) is 10.2 Å². The molecule has 0 unspecified atom stereocenters. The van der Waals surface area contributed by atoms with Crippen molar-refractivity contribution in [2.45, 2.75) is 26.3 Å². The van der Waals surface area contributed by atoms with Crippen LogP contribution in [0.5, 0.6) is 0 Å². The van der Waals surface area contributed by atoms with Gasteiger partial charge in [0.2, 0.25) is 5.91 Å². The van der Waals surface area contributed by atoms with Gasteiger partial charge in [-0.25, -0.2) is 0 Å². The molecule has 1 amide bonds. The molecule has 0 radical (unpaired) electrons. The van der Waals surface area contributed by atoms with Crippen LogP contribution in [0.25, 0.3) is 11.1 Å². The smallest absolute Gasteiger partial charge is 0.223 e. The van der Waals surface area contributed by atoms with E-state index in [1.807, 2.05) is 24.3 Å². The van der Waals surface area contributed by atoms with Crippen molar-refractivity contribution in [3.8, 4) is 11.1 Å². The van der Waals surface area contributed by atoms with E-state index in [9.17, 15) is 4.79 Å². The van der Waals surface area contributed by atoms with E-state index in [0.717, 1.165) is 48.2 Å². The molecule has 5 N–H and O–H groups in total. The van der Waals surface area contributed by atoms with E-state index >= 15 is 0 Å². The number of aryl methyl sites for hydroxylation is 1. The van der Waals surface area contributed by atoms with E-state index in [-0.39, 0.29) is 17.7 Å². The zero-order valence-electron chi connectivity index (χ0n) is 15.1. The first-order valence-corrected chi connectivity index (χ1v) is 9.07. The summed E-state index contributed by atoms with van der Waals surface area (Å²) >= 11 is 0. The number of nitrogen functional groups attached to an aromatic ring is 1. The van der Waals surface area contributed by atoms with Gasteiger partial charge in [-0.2, -0.15) is 0 Å². The molecule has 1 aliphatic rings. The highest BCUT2D eigenvalue weighted by Crippen LogP contribution is 2.23. The van der Waals surface area contributed by atoms with Crippen molar-refractivity contribution in [1.29, 1.82) is 5.41 Å². The molecule has 26 heavy (non-hydrogen) atoms. The highest BCUT2D eigenvalue weighted by atomic mass is 16.1. The predicted molar refractivity (Wildman–Crippen MR) is 105 cm³/mol. The second-order valence-corrected chi connectivity index (χ2v) is 6.94. The number of nitrogens with two attached hydrogens (primary N) is 1. The summed E-state index contributed by atoms with van der Waals surface area (Å²) in [6.45, 7) is 4.42. The molecule has 5 nitrogen and oxygen atoms in total. The van der Waals surface area contributed by atoms with Crippen LogP contribution in [0, 0.1) is 18.3 Å². The van der Waals surface area contributed by atoms with Crippen LogP contribution in [0.3, 0.4) is 0 Å². The van der Waals surface area contributed by atoms with E-state index in [2.05, 4.69) is 35.8 Å². The van der Waals surface area contributed by atoms with Gasteiger partial charge < -0.3 is 16.4 Å². The maximum Gasteiger partial charge on any atom is 0.223 e. The third-order valence-electron chi connectivity index (χ3n) is 4.82. The lowest BCUT2D eigenvalue weighted by molar-refractivity contribution is -0.125. The van der Waals surface area contributed by atoms with Crippen molar-refractivity contribution in [2.75, 3.05) is 13.1 Å². The lowest BCUT2D eigenvalue weighted by Crippen LogP contribution is -2.37. The first-order chi connectivity index (χ1) is 12.5. The maximum atomic E-state index is 12.4. The van der Waals surface area contributed by atoms with Gasteiger partial charge in [0.1, 0.15) is 5.84 Å². The van der Waals surface area contributed by atoms with Crippen LogP contribution >= 0.6 is 0 Å². The Bertz CT molecular complexity index is 809. The Morgan fingerprint density at radius 2 is 1.96 bits per heavy atom. The number of carbonyl (C=O) groups is 1. The van der Waals surface area contributed by atoms with Crippen molar-refractivity contribution in [3.05, 3.63) is 59.2 Å². The molecule has 0 atom stereocenters. The molecule has 5 heteroatoms. The zero-order valence-corrected chi connectivity index (χ0v) is 15.1. The maximum absolute atomic E-state index is 12.4. The summed E-state index contributed by atoms with van der Waals surface area (Å²) in [5, 5.41) is 14.0. The minimum Gasteiger partial charge on any atom is -0.384 e. The van der Waals surface area contributed by atoms with E-state index in [1.165, 1.54) is 0 Å². The number of hydrogen-bond donors (Lipinski definition) is 4. The molecule has 1 fully saturated rings. The minimum absolute atomic E-state index is 0.0639. The lowest BCUT2D eigenvalue weighted by atomic mass is 9.96. The topological polar surface area (TPSA) is 91.0 Å². The molecule has 0 spiro atoms. The van der Waals surface area contributed by atoms with E-state index in [0.29, 0.717) is 12.1 Å². The molecule has 136 valence electrons. The summed E-state index contributed by atoms with van der Waals surface area (Å²) < 4.78 is 0. The Labute approximate surface area is 154 Å². The number of rotatable bonds is 5. The fourth-order valence-electron chi connectivity index (χ4n) is 3.42. The van der Waals surface area contributed by atoms with Crippen molar-refractivity contribution in [3.63, 3.8) is 0 Å². The summed E-state index contributed by atoms with van der Waals surface area (Å²) in [5.74, 6) is 0.329. The average Bonchev–Trinajstić information content (AvgIpc) is 2.66. The van der Waals surface area contributed by atoms with Gasteiger partial charge in [-0.15, -0.1) is 0 Å². The van der Waals surface area contributed by atoms with Crippen LogP contribution in [0.1, 0.15) is 29.5 Å². The Morgan fingerprint density at radius 1 is 1.19 bits per heavy atom. The molecule has 3 rings (SSSR count). The summed E-state index contributed by atoms with van der Waals surface area (Å²) in [6.07, 6.45) is 1.81. The van der Waals surface area contributed by atoms with Gasteiger partial charge in [0.15, 0.2) is 0 Å². The second kappa shape index (κ2) is 8.15. The molecular formula is C21H26N4O. The van der Waals surface area contributed by atoms with Gasteiger partial charge in [0.05, 0.1) is 0 Å². The summed E-state index contributed by atoms with van der Waals surface area (Å²) in [7, 11) is 0. The molecule has 0 saturated carbocycles. The van der Waals surface area contributed by atoms with Gasteiger partial charge >= 0.3 is 0 Å². The number of hydrogen-bond acceptors (Lipinski definition) is 3. The number of amides is 1. The third-order valence-corrected chi connectivity index (χ3v) is 4.82. The largest absolute Gasteiger partial charge is 0.384 e. The standard InChI is InChI=1S/C21H26N4O/c1-14-9-15(13-25-21(26)16-5-7-24-8-6-16)11-19(10-14)17-3-2-4-18(12-17)20(22)23/h2-4,9-12,16,24H,5-8,13H2,1H3,(H3,22,23)(H,25,26). The highest BCUT2D eigenvalue weighted by molar-refractivity contribution is 5.96. The van der Waals surface area contributed by atoms with Crippen molar-refractivity contribution in [1.82, 2.24) is 10.6 Å². The van der Waals surface area contributed by atoms with E-state index in [4.69, 9.17) is 11.1 Å². The van der Waals surface area contributed by atoms with Crippen molar-refractivity contribution >= 4 is 11.7 Å². The van der Waals surface area contributed by atoms with Crippen LogP contribution in [-0.2, 0) is 11.3 Å². The summed E-state index contributed by atoms with van der Waals surface area (Å²) in [5.41, 5.74) is 10.6. The number of nitrogens with one attached hydrogen (secondary N) is 3. The number of piperidine rings is 1. The minimum atomic E-state index is 0.0639. The molecule has 1 saturated heterocycles. The molecule has 0 aliphatic carbocycles. The Hall–Kier alpha value is -2.66. The quantitative estimate of drug-likeness (QED) is 0.493. The average molecular weight is 350 g/mol. The monoisotopic (exact) mass is 350 g/mol. The SMILES string of the molecule is Cc1cc(CNC(=O)C2CCNCC2)cc(-c2cccc(C(=N)N)c2)c1. The van der Waals surface area contributed by atoms with Gasteiger partial charge in [-0.05, 0) is 61.7 Å². The van der Waals surface area contributed by atoms with Crippen molar-refractivity contribution in [2.24, 2.45) is 11.7 Å². The van der Waals surface area contributed by atoms with Crippen LogP contribution < -0.4 is 16.4 Å². The highest BCUT2D eigenvalue weighted by Gasteiger charge is 2.20. The fraction of sp³-hybridized carbons (Fsp3) is 0.333. The normalized spacial score (nSPS) is 14.8. The Morgan fingerprint density at radius 3 is 2.69 bits per heavy atom. The van der Waals surface area contributed by atoms with E-state index < -0.39 is 0 Å². The third kappa shape index (κ3) is 4.49. The molecule has 0 aromatic heterocycles. The fourth-order valence-corrected chi connectivity index (χ4v) is 3.42. The molecular weight excluding hydrogens is 324 g/mol. The number of carbonyl (C=O) groups excluding carboxylic acids is 1. The van der Waals surface area contributed by atoms with Crippen LogP contribution in [-0.4, -0.2) is 24.8 Å². The van der Waals surface area contributed by atoms with Crippen LogP contribution in [0.4, 0.5) is 0 Å². The van der Waals surface area contributed by atoms with Gasteiger partial charge in [0.25, 0.3) is 0 Å². The van der Waals surface area contributed by atoms with E-state index in [1.54, 1.807) is 0 Å². The lowest BCUT2D eigenvalue weighted by Gasteiger charge is -2.21. The molecule has 0 bridgehead atoms. The summed E-state index contributed by atoms with van der Waals surface area (Å²) in [6, 6.07) is 14.0. The van der Waals surface area contributed by atoms with Crippen LogP contribution in [0.15, 0.2) is 42.5 Å². The molecule has 1 heterocycles. The van der Waals surface area contributed by atoms with Crippen LogP contribution in [0.2, 0.25) is 0 Å². The van der Waals surface area contributed by atoms with Crippen molar-refractivity contribution < 1.29 is 4.79 Å². The molecule has 1 aliphatic heterocycles. The molecule has 2 aromatic rings. The number of benzene rings is 2. The Balaban J connectivity index is 1.74. The molecule has 2 aromatic carbocycles. The first-order valence-electron chi connectivity index (χ1n) is 9.07. The summed E-state index contributed by atoms with van der Waals surface area (Å²) in [4.78, 5) is 12.4. The first kappa shape index (κ1) is 18.1. The zero-order chi connectivity index (χ0) is 18.5. The van der Waals surface area contributed by atoms with Gasteiger partial charge in [-0.1, -0.05) is 35.9 Å². The number of amidine groups is 1. The van der Waals surface area contributed by atoms with Gasteiger partial charge in [0, 0.05) is 18.0 Å². The Kier molecular flexibility index (Phi) is 5.68. The second-order valence-electron chi connectivity index (χ2n) is 6.94. The predicted octanol–water partition coefficient (Wildman–Crippen LogP) is 2.56.